The number of nitrogens with two attached hydrogens (primary N) is 1. The van der Waals surface area contributed by atoms with Gasteiger partial charge in [0.1, 0.15) is 0 Å². The Bertz CT molecular complexity index is 427. The summed E-state index contributed by atoms with van der Waals surface area (Å²) in [4.78, 5) is 11.6. The van der Waals surface area contributed by atoms with Crippen LogP contribution in [0.4, 0.5) is 5.69 Å². The van der Waals surface area contributed by atoms with E-state index in [0.717, 1.165) is 5.56 Å². The van der Waals surface area contributed by atoms with Crippen LogP contribution >= 0.6 is 0 Å². The molecule has 78 valence electrons. The summed E-state index contributed by atoms with van der Waals surface area (Å²) in [6.45, 7) is 3.95. The number of hydrogen-bond donors (Lipinski definition) is 2. The molecule has 3 nitrogen and oxygen atoms in total. The van der Waals surface area contributed by atoms with Gasteiger partial charge in [0.15, 0.2) is 0 Å². The number of nitrogens with one attached hydrogen (secondary N) is 1. The van der Waals surface area contributed by atoms with Gasteiger partial charge in [0.05, 0.1) is 12.1 Å². The Morgan fingerprint density at radius 2 is 2.27 bits per heavy atom. The lowest BCUT2D eigenvalue weighted by atomic mass is 10.1. The lowest BCUT2D eigenvalue weighted by Gasteiger charge is -2.07. The second-order valence-electron chi connectivity index (χ2n) is 3.15. The summed E-state index contributed by atoms with van der Waals surface area (Å²) in [5.74, 6) is 5.28. The summed E-state index contributed by atoms with van der Waals surface area (Å²) >= 11 is 0. The molecular formula is C12H14N2O. The first kappa shape index (κ1) is 11.1. The summed E-state index contributed by atoms with van der Waals surface area (Å²) in [5, 5.41) is 2.68. The summed E-state index contributed by atoms with van der Waals surface area (Å²) in [6.07, 6.45) is 0. The Morgan fingerprint density at radius 1 is 1.53 bits per heavy atom. The summed E-state index contributed by atoms with van der Waals surface area (Å²) < 4.78 is 0. The van der Waals surface area contributed by atoms with Crippen LogP contribution in [-0.4, -0.2) is 12.5 Å². The average molecular weight is 202 g/mol. The highest BCUT2D eigenvalue weighted by Crippen LogP contribution is 2.15. The molecule has 1 aromatic carbocycles. The van der Waals surface area contributed by atoms with E-state index in [4.69, 9.17) is 5.73 Å². The Hall–Kier alpha value is -1.95. The van der Waals surface area contributed by atoms with Crippen molar-refractivity contribution in [3.05, 3.63) is 29.3 Å². The van der Waals surface area contributed by atoms with Crippen LogP contribution in [0.15, 0.2) is 18.2 Å². The van der Waals surface area contributed by atoms with Gasteiger partial charge in [-0.25, -0.2) is 0 Å². The van der Waals surface area contributed by atoms with Gasteiger partial charge < -0.3 is 11.1 Å². The number of nitrogen functional groups attached to an aromatic ring is 1. The summed E-state index contributed by atoms with van der Waals surface area (Å²) in [5.41, 5.74) is 7.73. The van der Waals surface area contributed by atoms with E-state index in [-0.39, 0.29) is 5.91 Å². The van der Waals surface area contributed by atoms with Crippen molar-refractivity contribution in [1.82, 2.24) is 5.32 Å². The SMILES string of the molecule is CC#CCNC(=O)c1cccc(C)c1N. The zero-order valence-electron chi connectivity index (χ0n) is 8.92. The Labute approximate surface area is 89.7 Å². The van der Waals surface area contributed by atoms with Crippen LogP contribution in [-0.2, 0) is 0 Å². The van der Waals surface area contributed by atoms with Gasteiger partial charge in [-0.05, 0) is 25.5 Å². The number of hydrogen-bond acceptors (Lipinski definition) is 2. The number of carbonyl (C=O) groups is 1. The number of para-hydroxylation sites is 1. The third-order valence-electron chi connectivity index (χ3n) is 2.08. The molecule has 0 radical (unpaired) electrons. The highest BCUT2D eigenvalue weighted by Gasteiger charge is 2.09. The predicted octanol–water partition coefficient (Wildman–Crippen LogP) is 1.33. The minimum Gasteiger partial charge on any atom is -0.398 e. The molecule has 0 aliphatic heterocycles. The maximum absolute atomic E-state index is 11.6. The van der Waals surface area contributed by atoms with Gasteiger partial charge in [-0.1, -0.05) is 18.1 Å². The molecule has 1 aromatic rings. The van der Waals surface area contributed by atoms with E-state index in [0.29, 0.717) is 17.8 Å². The fourth-order valence-electron chi connectivity index (χ4n) is 1.19. The first-order chi connectivity index (χ1) is 7.16. The van der Waals surface area contributed by atoms with Crippen molar-refractivity contribution in [1.29, 1.82) is 0 Å². The van der Waals surface area contributed by atoms with Crippen LogP contribution in [0.25, 0.3) is 0 Å². The van der Waals surface area contributed by atoms with Crippen LogP contribution in [0.5, 0.6) is 0 Å². The fraction of sp³-hybridized carbons (Fsp3) is 0.250. The van der Waals surface area contributed by atoms with E-state index >= 15 is 0 Å². The molecule has 0 heterocycles. The topological polar surface area (TPSA) is 55.1 Å². The van der Waals surface area contributed by atoms with E-state index in [1.165, 1.54) is 0 Å². The predicted molar refractivity (Wildman–Crippen MR) is 61.4 cm³/mol. The molecule has 0 aliphatic carbocycles. The molecule has 0 aromatic heterocycles. The zero-order chi connectivity index (χ0) is 11.3. The molecule has 0 unspecified atom stereocenters. The van der Waals surface area contributed by atoms with Gasteiger partial charge >= 0.3 is 0 Å². The number of benzene rings is 1. The standard InChI is InChI=1S/C12H14N2O/c1-3-4-8-14-12(15)10-7-5-6-9(2)11(10)13/h5-7H,8,13H2,1-2H3,(H,14,15). The van der Waals surface area contributed by atoms with Crippen LogP contribution in [0.2, 0.25) is 0 Å². The zero-order valence-corrected chi connectivity index (χ0v) is 8.92. The van der Waals surface area contributed by atoms with Gasteiger partial charge in [0, 0.05) is 5.69 Å². The van der Waals surface area contributed by atoms with Gasteiger partial charge in [-0.2, -0.15) is 0 Å². The average Bonchev–Trinajstić information content (AvgIpc) is 2.22. The molecule has 0 saturated heterocycles. The van der Waals surface area contributed by atoms with Crippen molar-refractivity contribution < 1.29 is 4.79 Å². The molecule has 0 atom stereocenters. The normalized spacial score (nSPS) is 8.93. The molecule has 0 spiro atoms. The molecule has 1 rings (SSSR count). The number of anilines is 1. The lowest BCUT2D eigenvalue weighted by molar-refractivity contribution is 0.0959. The first-order valence-electron chi connectivity index (χ1n) is 4.69. The second-order valence-corrected chi connectivity index (χ2v) is 3.15. The van der Waals surface area contributed by atoms with Crippen molar-refractivity contribution >= 4 is 11.6 Å². The molecule has 0 saturated carbocycles. The maximum atomic E-state index is 11.6. The number of amides is 1. The maximum Gasteiger partial charge on any atom is 0.254 e. The summed E-state index contributed by atoms with van der Waals surface area (Å²) in [7, 11) is 0. The van der Waals surface area contributed by atoms with Crippen molar-refractivity contribution in [2.24, 2.45) is 0 Å². The third kappa shape index (κ3) is 2.75. The van der Waals surface area contributed by atoms with E-state index in [1.54, 1.807) is 13.0 Å². The van der Waals surface area contributed by atoms with E-state index in [9.17, 15) is 4.79 Å². The molecule has 3 N–H and O–H groups in total. The van der Waals surface area contributed by atoms with Crippen LogP contribution in [0, 0.1) is 18.8 Å². The summed E-state index contributed by atoms with van der Waals surface area (Å²) in [6, 6.07) is 5.39. The highest BCUT2D eigenvalue weighted by atomic mass is 16.1. The molecule has 0 fully saturated rings. The Balaban J connectivity index is 2.81. The number of rotatable bonds is 2. The molecule has 3 heteroatoms. The van der Waals surface area contributed by atoms with E-state index in [2.05, 4.69) is 17.2 Å². The lowest BCUT2D eigenvalue weighted by Crippen LogP contribution is -2.24. The van der Waals surface area contributed by atoms with E-state index < -0.39 is 0 Å². The van der Waals surface area contributed by atoms with Gasteiger partial charge in [0.2, 0.25) is 0 Å². The van der Waals surface area contributed by atoms with Gasteiger partial charge in [0.25, 0.3) is 5.91 Å². The Kier molecular flexibility index (Phi) is 3.75. The van der Waals surface area contributed by atoms with Crippen LogP contribution in [0.1, 0.15) is 22.8 Å². The molecule has 0 bridgehead atoms. The van der Waals surface area contributed by atoms with Crippen LogP contribution in [0.3, 0.4) is 0 Å². The fourth-order valence-corrected chi connectivity index (χ4v) is 1.19. The minimum atomic E-state index is -0.182. The number of aryl methyl sites for hydroxylation is 1. The highest BCUT2D eigenvalue weighted by molar-refractivity contribution is 5.99. The molecule has 1 amide bonds. The Morgan fingerprint density at radius 3 is 2.93 bits per heavy atom. The van der Waals surface area contributed by atoms with Crippen molar-refractivity contribution in [3.8, 4) is 11.8 Å². The minimum absolute atomic E-state index is 0.182. The van der Waals surface area contributed by atoms with Crippen LogP contribution < -0.4 is 11.1 Å². The first-order valence-corrected chi connectivity index (χ1v) is 4.69. The molecule has 15 heavy (non-hydrogen) atoms. The third-order valence-corrected chi connectivity index (χ3v) is 2.08. The van der Waals surface area contributed by atoms with Crippen molar-refractivity contribution in [3.63, 3.8) is 0 Å². The monoisotopic (exact) mass is 202 g/mol. The molecule has 0 aliphatic rings. The quantitative estimate of drug-likeness (QED) is 0.561. The largest absolute Gasteiger partial charge is 0.398 e. The number of carbonyl (C=O) groups excluding carboxylic acids is 1. The van der Waals surface area contributed by atoms with Crippen molar-refractivity contribution in [2.75, 3.05) is 12.3 Å². The second kappa shape index (κ2) is 5.06. The van der Waals surface area contributed by atoms with E-state index in [1.807, 2.05) is 19.1 Å². The van der Waals surface area contributed by atoms with Gasteiger partial charge in [-0.15, -0.1) is 5.92 Å². The van der Waals surface area contributed by atoms with Gasteiger partial charge in [-0.3, -0.25) is 4.79 Å². The molecular weight excluding hydrogens is 188 g/mol. The van der Waals surface area contributed by atoms with Crippen molar-refractivity contribution in [2.45, 2.75) is 13.8 Å². The smallest absolute Gasteiger partial charge is 0.254 e.